The standard InChI is InChI=1S/C10H16O2/c1-4-7-8(9(11)5-2)10(12)6-3/h4,7-8H,5-6H2,1-3H3. The summed E-state index contributed by atoms with van der Waals surface area (Å²) in [5.41, 5.74) is 0. The first-order chi connectivity index (χ1) is 5.67. The highest BCUT2D eigenvalue weighted by atomic mass is 16.1. The van der Waals surface area contributed by atoms with E-state index in [2.05, 4.69) is 0 Å². The van der Waals surface area contributed by atoms with Crippen LogP contribution < -0.4 is 0 Å². The van der Waals surface area contributed by atoms with Gasteiger partial charge in [0.2, 0.25) is 0 Å². The van der Waals surface area contributed by atoms with Gasteiger partial charge >= 0.3 is 0 Å². The van der Waals surface area contributed by atoms with Crippen molar-refractivity contribution in [2.45, 2.75) is 33.6 Å². The van der Waals surface area contributed by atoms with Crippen LogP contribution in [0.1, 0.15) is 33.6 Å². The largest absolute Gasteiger partial charge is 0.299 e. The molecular formula is C10H16O2. The van der Waals surface area contributed by atoms with E-state index in [0.29, 0.717) is 12.8 Å². The van der Waals surface area contributed by atoms with Crippen molar-refractivity contribution in [3.05, 3.63) is 12.2 Å². The van der Waals surface area contributed by atoms with E-state index in [-0.39, 0.29) is 11.6 Å². The Labute approximate surface area is 73.7 Å². The third kappa shape index (κ3) is 2.99. The number of hydrogen-bond donors (Lipinski definition) is 0. The highest BCUT2D eigenvalue weighted by Crippen LogP contribution is 2.07. The second-order valence-corrected chi connectivity index (χ2v) is 2.64. The first kappa shape index (κ1) is 11.1. The molecule has 0 aliphatic heterocycles. The molecule has 0 aromatic heterocycles. The van der Waals surface area contributed by atoms with E-state index in [1.807, 2.05) is 6.92 Å². The fourth-order valence-corrected chi connectivity index (χ4v) is 1.03. The molecule has 0 atom stereocenters. The SMILES string of the molecule is CC=CC(C(=O)CC)C(=O)CC. The van der Waals surface area contributed by atoms with Gasteiger partial charge in [-0.05, 0) is 6.92 Å². The molecule has 2 heteroatoms. The molecule has 0 N–H and O–H groups in total. The van der Waals surface area contributed by atoms with Crippen molar-refractivity contribution >= 4 is 11.6 Å². The van der Waals surface area contributed by atoms with Gasteiger partial charge in [0.05, 0.1) is 5.92 Å². The minimum atomic E-state index is -0.495. The maximum Gasteiger partial charge on any atom is 0.146 e. The molecule has 0 heterocycles. The highest BCUT2D eigenvalue weighted by Gasteiger charge is 2.19. The van der Waals surface area contributed by atoms with Gasteiger partial charge in [0.15, 0.2) is 0 Å². The first-order valence-corrected chi connectivity index (χ1v) is 4.35. The summed E-state index contributed by atoms with van der Waals surface area (Å²) in [6.45, 7) is 5.38. The molecule has 0 aromatic rings. The molecule has 0 radical (unpaired) electrons. The average molecular weight is 168 g/mol. The maximum atomic E-state index is 11.2. The molecule has 0 aromatic carbocycles. The molecule has 2 nitrogen and oxygen atoms in total. The van der Waals surface area contributed by atoms with E-state index in [0.717, 1.165) is 0 Å². The maximum absolute atomic E-state index is 11.2. The van der Waals surface area contributed by atoms with Crippen LogP contribution in [0.15, 0.2) is 12.2 Å². The summed E-state index contributed by atoms with van der Waals surface area (Å²) in [4.78, 5) is 22.5. The zero-order valence-electron chi connectivity index (χ0n) is 7.96. The normalized spacial score (nSPS) is 11.0. The lowest BCUT2D eigenvalue weighted by atomic mass is 9.95. The summed E-state index contributed by atoms with van der Waals surface area (Å²) < 4.78 is 0. The molecular weight excluding hydrogens is 152 g/mol. The van der Waals surface area contributed by atoms with Crippen LogP contribution >= 0.6 is 0 Å². The Hall–Kier alpha value is -0.920. The summed E-state index contributed by atoms with van der Waals surface area (Å²) in [7, 11) is 0. The Kier molecular flexibility index (Phi) is 5.26. The number of carbonyl (C=O) groups is 2. The van der Waals surface area contributed by atoms with Crippen molar-refractivity contribution in [3.8, 4) is 0 Å². The van der Waals surface area contributed by atoms with E-state index in [9.17, 15) is 9.59 Å². The van der Waals surface area contributed by atoms with Gasteiger partial charge in [-0.2, -0.15) is 0 Å². The summed E-state index contributed by atoms with van der Waals surface area (Å²) in [5.74, 6) is -0.468. The lowest BCUT2D eigenvalue weighted by Gasteiger charge is -2.06. The van der Waals surface area contributed by atoms with Gasteiger partial charge in [-0.25, -0.2) is 0 Å². The molecule has 0 unspecified atom stereocenters. The predicted octanol–water partition coefficient (Wildman–Crippen LogP) is 2.14. The molecule has 0 bridgehead atoms. The van der Waals surface area contributed by atoms with Crippen LogP contribution in [0.4, 0.5) is 0 Å². The van der Waals surface area contributed by atoms with Crippen LogP contribution in [-0.2, 0) is 9.59 Å². The van der Waals surface area contributed by atoms with Crippen molar-refractivity contribution in [3.63, 3.8) is 0 Å². The minimum Gasteiger partial charge on any atom is -0.299 e. The van der Waals surface area contributed by atoms with Gasteiger partial charge in [0.25, 0.3) is 0 Å². The Morgan fingerprint density at radius 2 is 1.58 bits per heavy atom. The van der Waals surface area contributed by atoms with Crippen LogP contribution in [0.5, 0.6) is 0 Å². The molecule has 0 spiro atoms. The number of allylic oxidation sites excluding steroid dienone is 2. The predicted molar refractivity (Wildman–Crippen MR) is 48.9 cm³/mol. The van der Waals surface area contributed by atoms with Gasteiger partial charge in [0, 0.05) is 12.8 Å². The van der Waals surface area contributed by atoms with Gasteiger partial charge in [-0.15, -0.1) is 0 Å². The van der Waals surface area contributed by atoms with E-state index >= 15 is 0 Å². The van der Waals surface area contributed by atoms with E-state index in [4.69, 9.17) is 0 Å². The highest BCUT2D eigenvalue weighted by molar-refractivity contribution is 6.03. The smallest absolute Gasteiger partial charge is 0.146 e. The first-order valence-electron chi connectivity index (χ1n) is 4.35. The summed E-state index contributed by atoms with van der Waals surface area (Å²) in [6, 6.07) is 0. The monoisotopic (exact) mass is 168 g/mol. The third-order valence-corrected chi connectivity index (χ3v) is 1.78. The molecule has 0 fully saturated rings. The van der Waals surface area contributed by atoms with Gasteiger partial charge in [0.1, 0.15) is 11.6 Å². The quantitative estimate of drug-likeness (QED) is 0.465. The number of carbonyl (C=O) groups excluding carboxylic acids is 2. The number of hydrogen-bond acceptors (Lipinski definition) is 2. The Balaban J connectivity index is 4.43. The molecule has 0 rings (SSSR count). The lowest BCUT2D eigenvalue weighted by Crippen LogP contribution is -2.20. The fourth-order valence-electron chi connectivity index (χ4n) is 1.03. The lowest BCUT2D eigenvalue weighted by molar-refractivity contribution is -0.130. The van der Waals surface area contributed by atoms with Crippen molar-refractivity contribution < 1.29 is 9.59 Å². The Morgan fingerprint density at radius 3 is 1.83 bits per heavy atom. The van der Waals surface area contributed by atoms with E-state index < -0.39 is 5.92 Å². The van der Waals surface area contributed by atoms with Crippen LogP contribution in [0.3, 0.4) is 0 Å². The van der Waals surface area contributed by atoms with Gasteiger partial charge in [-0.3, -0.25) is 9.59 Å². The van der Waals surface area contributed by atoms with Gasteiger partial charge < -0.3 is 0 Å². The van der Waals surface area contributed by atoms with Crippen molar-refractivity contribution in [1.82, 2.24) is 0 Å². The molecule has 0 saturated carbocycles. The zero-order chi connectivity index (χ0) is 9.56. The number of ketones is 2. The summed E-state index contributed by atoms with van der Waals surface area (Å²) in [6.07, 6.45) is 4.30. The second-order valence-electron chi connectivity index (χ2n) is 2.64. The zero-order valence-corrected chi connectivity index (χ0v) is 7.96. The van der Waals surface area contributed by atoms with E-state index in [1.165, 1.54) is 0 Å². The van der Waals surface area contributed by atoms with Crippen LogP contribution in [-0.4, -0.2) is 11.6 Å². The van der Waals surface area contributed by atoms with Gasteiger partial charge in [-0.1, -0.05) is 26.0 Å². The molecule has 12 heavy (non-hydrogen) atoms. The molecule has 0 aliphatic rings. The fraction of sp³-hybridized carbons (Fsp3) is 0.600. The van der Waals surface area contributed by atoms with Crippen LogP contribution in [0, 0.1) is 5.92 Å². The van der Waals surface area contributed by atoms with E-state index in [1.54, 1.807) is 26.0 Å². The molecule has 0 amide bonds. The molecule has 0 aliphatic carbocycles. The number of rotatable bonds is 5. The summed E-state index contributed by atoms with van der Waals surface area (Å²) >= 11 is 0. The van der Waals surface area contributed by atoms with Crippen LogP contribution in [0.25, 0.3) is 0 Å². The Morgan fingerprint density at radius 1 is 1.17 bits per heavy atom. The Bertz CT molecular complexity index is 176. The third-order valence-electron chi connectivity index (χ3n) is 1.78. The van der Waals surface area contributed by atoms with Crippen molar-refractivity contribution in [1.29, 1.82) is 0 Å². The van der Waals surface area contributed by atoms with Crippen molar-refractivity contribution in [2.24, 2.45) is 5.92 Å². The molecule has 0 saturated heterocycles. The summed E-state index contributed by atoms with van der Waals surface area (Å²) in [5, 5.41) is 0. The van der Waals surface area contributed by atoms with Crippen molar-refractivity contribution in [2.75, 3.05) is 0 Å². The second kappa shape index (κ2) is 5.70. The van der Waals surface area contributed by atoms with Crippen LogP contribution in [0.2, 0.25) is 0 Å². The molecule has 68 valence electrons. The minimum absolute atomic E-state index is 0.0138. The number of Topliss-reactive ketones (excluding diaryl/α,β-unsaturated/α-hetero) is 2. The average Bonchev–Trinajstić information content (AvgIpc) is 2.11. The topological polar surface area (TPSA) is 34.1 Å².